The summed E-state index contributed by atoms with van der Waals surface area (Å²) in [6, 6.07) is 15.2. The van der Waals surface area contributed by atoms with E-state index in [0.717, 1.165) is 31.3 Å². The van der Waals surface area contributed by atoms with Crippen LogP contribution < -0.4 is 10.6 Å². The van der Waals surface area contributed by atoms with Crippen LogP contribution in [0, 0.1) is 6.92 Å². The van der Waals surface area contributed by atoms with Gasteiger partial charge in [0, 0.05) is 32.4 Å². The number of hydrogen-bond acceptors (Lipinski definition) is 3. The standard InChI is InChI=1S/C21H29N5/c1-17-8-6-12-23-20(17)14-24-21(22-2)25-19-11-7-13-26(16-19)15-18-9-4-3-5-10-18/h3-6,8-10,12,19H,7,11,13-16H2,1-2H3,(H2,22,24,25). The van der Waals surface area contributed by atoms with E-state index in [9.17, 15) is 0 Å². The summed E-state index contributed by atoms with van der Waals surface area (Å²) in [7, 11) is 1.82. The zero-order valence-corrected chi connectivity index (χ0v) is 15.8. The van der Waals surface area contributed by atoms with E-state index in [0.29, 0.717) is 12.6 Å². The van der Waals surface area contributed by atoms with E-state index in [2.05, 4.69) is 68.8 Å². The van der Waals surface area contributed by atoms with E-state index in [4.69, 9.17) is 0 Å². The second-order valence-electron chi connectivity index (χ2n) is 6.90. The number of hydrogen-bond donors (Lipinski definition) is 2. The molecule has 1 aliphatic heterocycles. The number of pyridine rings is 1. The van der Waals surface area contributed by atoms with E-state index in [1.54, 1.807) is 0 Å². The molecule has 2 aromatic rings. The average molecular weight is 351 g/mol. The molecule has 5 heteroatoms. The highest BCUT2D eigenvalue weighted by atomic mass is 15.2. The highest BCUT2D eigenvalue weighted by Gasteiger charge is 2.20. The van der Waals surface area contributed by atoms with Gasteiger partial charge in [-0.3, -0.25) is 14.9 Å². The molecule has 1 aliphatic rings. The SMILES string of the molecule is CN=C(NCc1ncccc1C)NC1CCCN(Cc2ccccc2)C1. The molecule has 0 amide bonds. The third-order valence-corrected chi connectivity index (χ3v) is 4.86. The number of piperidine rings is 1. The van der Waals surface area contributed by atoms with Crippen molar-refractivity contribution >= 4 is 5.96 Å². The summed E-state index contributed by atoms with van der Waals surface area (Å²) >= 11 is 0. The maximum atomic E-state index is 4.44. The molecule has 1 atom stereocenters. The lowest BCUT2D eigenvalue weighted by molar-refractivity contribution is 0.192. The minimum absolute atomic E-state index is 0.420. The van der Waals surface area contributed by atoms with Crippen molar-refractivity contribution in [2.75, 3.05) is 20.1 Å². The van der Waals surface area contributed by atoms with Crippen molar-refractivity contribution in [1.82, 2.24) is 20.5 Å². The fourth-order valence-electron chi connectivity index (χ4n) is 3.42. The van der Waals surface area contributed by atoms with Gasteiger partial charge in [-0.1, -0.05) is 36.4 Å². The largest absolute Gasteiger partial charge is 0.352 e. The van der Waals surface area contributed by atoms with Crippen molar-refractivity contribution in [3.8, 4) is 0 Å². The summed E-state index contributed by atoms with van der Waals surface area (Å²) in [5, 5.41) is 6.98. The van der Waals surface area contributed by atoms with Gasteiger partial charge in [0.2, 0.25) is 0 Å². The quantitative estimate of drug-likeness (QED) is 0.642. The molecule has 2 N–H and O–H groups in total. The molecule has 138 valence electrons. The van der Waals surface area contributed by atoms with Crippen molar-refractivity contribution in [2.24, 2.45) is 4.99 Å². The Hall–Kier alpha value is -2.40. The fraction of sp³-hybridized carbons (Fsp3) is 0.429. The first-order valence-electron chi connectivity index (χ1n) is 9.38. The van der Waals surface area contributed by atoms with E-state index in [1.165, 1.54) is 24.0 Å². The number of aliphatic imine (C=N–C) groups is 1. The number of nitrogens with one attached hydrogen (secondary N) is 2. The zero-order chi connectivity index (χ0) is 18.2. The predicted octanol–water partition coefficient (Wildman–Crippen LogP) is 2.72. The van der Waals surface area contributed by atoms with E-state index >= 15 is 0 Å². The minimum atomic E-state index is 0.420. The van der Waals surface area contributed by atoms with Gasteiger partial charge in [-0.15, -0.1) is 0 Å². The van der Waals surface area contributed by atoms with Crippen molar-refractivity contribution in [3.63, 3.8) is 0 Å². The molecule has 0 saturated carbocycles. The van der Waals surface area contributed by atoms with Crippen LogP contribution >= 0.6 is 0 Å². The Morgan fingerprint density at radius 3 is 2.85 bits per heavy atom. The van der Waals surface area contributed by atoms with Crippen LogP contribution in [0.4, 0.5) is 0 Å². The Kier molecular flexibility index (Phi) is 6.61. The van der Waals surface area contributed by atoms with Gasteiger partial charge >= 0.3 is 0 Å². The van der Waals surface area contributed by atoms with E-state index in [-0.39, 0.29) is 0 Å². The lowest BCUT2D eigenvalue weighted by atomic mass is 10.0. The van der Waals surface area contributed by atoms with Crippen LogP contribution in [-0.2, 0) is 13.1 Å². The molecular weight excluding hydrogens is 322 g/mol. The number of likely N-dealkylation sites (tertiary alicyclic amines) is 1. The Morgan fingerprint density at radius 1 is 1.23 bits per heavy atom. The summed E-state index contributed by atoms with van der Waals surface area (Å²) in [5.41, 5.74) is 3.63. The molecule has 0 radical (unpaired) electrons. The average Bonchev–Trinajstić information content (AvgIpc) is 2.67. The van der Waals surface area contributed by atoms with Gasteiger partial charge in [-0.25, -0.2) is 0 Å². The third kappa shape index (κ3) is 5.30. The van der Waals surface area contributed by atoms with E-state index < -0.39 is 0 Å². The number of guanidine groups is 1. The highest BCUT2D eigenvalue weighted by molar-refractivity contribution is 5.79. The summed E-state index contributed by atoms with van der Waals surface area (Å²) in [4.78, 5) is 11.3. The number of aryl methyl sites for hydroxylation is 1. The van der Waals surface area contributed by atoms with Crippen LogP contribution in [0.2, 0.25) is 0 Å². The predicted molar refractivity (Wildman–Crippen MR) is 107 cm³/mol. The molecule has 0 spiro atoms. The van der Waals surface area contributed by atoms with Crippen molar-refractivity contribution in [1.29, 1.82) is 0 Å². The van der Waals surface area contributed by atoms with Crippen LogP contribution in [0.1, 0.15) is 29.7 Å². The molecule has 1 fully saturated rings. The minimum Gasteiger partial charge on any atom is -0.352 e. The first-order valence-corrected chi connectivity index (χ1v) is 9.38. The lowest BCUT2D eigenvalue weighted by Crippen LogP contribution is -2.50. The third-order valence-electron chi connectivity index (χ3n) is 4.86. The van der Waals surface area contributed by atoms with Gasteiger partial charge in [-0.2, -0.15) is 0 Å². The van der Waals surface area contributed by atoms with Gasteiger partial charge in [0.15, 0.2) is 5.96 Å². The Bertz CT molecular complexity index is 713. The fourth-order valence-corrected chi connectivity index (χ4v) is 3.42. The Labute approximate surface area is 156 Å². The maximum Gasteiger partial charge on any atom is 0.191 e. The van der Waals surface area contributed by atoms with Gasteiger partial charge in [0.05, 0.1) is 12.2 Å². The lowest BCUT2D eigenvalue weighted by Gasteiger charge is -2.34. The molecule has 0 aliphatic carbocycles. The van der Waals surface area contributed by atoms with Crippen LogP contribution in [0.5, 0.6) is 0 Å². The normalized spacial score (nSPS) is 18.5. The van der Waals surface area contributed by atoms with E-state index in [1.807, 2.05) is 19.3 Å². The molecular formula is C21H29N5. The molecule has 1 aromatic carbocycles. The number of nitrogens with zero attached hydrogens (tertiary/aromatic N) is 3. The topological polar surface area (TPSA) is 52.6 Å². The molecule has 1 saturated heterocycles. The second-order valence-corrected chi connectivity index (χ2v) is 6.90. The molecule has 5 nitrogen and oxygen atoms in total. The van der Waals surface area contributed by atoms with Crippen molar-refractivity contribution in [3.05, 3.63) is 65.5 Å². The molecule has 1 aromatic heterocycles. The first kappa shape index (κ1) is 18.4. The summed E-state index contributed by atoms with van der Waals surface area (Å²) in [5.74, 6) is 0.849. The molecule has 26 heavy (non-hydrogen) atoms. The van der Waals surface area contributed by atoms with Gasteiger partial charge < -0.3 is 10.6 Å². The van der Waals surface area contributed by atoms with Crippen molar-refractivity contribution < 1.29 is 0 Å². The van der Waals surface area contributed by atoms with Crippen molar-refractivity contribution in [2.45, 2.75) is 38.9 Å². The van der Waals surface area contributed by atoms with Crippen LogP contribution in [0.3, 0.4) is 0 Å². The summed E-state index contributed by atoms with van der Waals surface area (Å²) < 4.78 is 0. The smallest absolute Gasteiger partial charge is 0.191 e. The number of rotatable bonds is 5. The van der Waals surface area contributed by atoms with Gasteiger partial charge in [0.25, 0.3) is 0 Å². The first-order chi connectivity index (χ1) is 12.7. The molecule has 2 heterocycles. The Morgan fingerprint density at radius 2 is 2.08 bits per heavy atom. The monoisotopic (exact) mass is 351 g/mol. The zero-order valence-electron chi connectivity index (χ0n) is 15.8. The molecule has 3 rings (SSSR count). The number of benzene rings is 1. The van der Waals surface area contributed by atoms with Crippen LogP contribution in [-0.4, -0.2) is 42.0 Å². The second kappa shape index (κ2) is 9.34. The highest BCUT2D eigenvalue weighted by Crippen LogP contribution is 2.13. The summed E-state index contributed by atoms with van der Waals surface area (Å²) in [6.45, 7) is 5.98. The summed E-state index contributed by atoms with van der Waals surface area (Å²) in [6.07, 6.45) is 4.22. The Balaban J connectivity index is 1.50. The van der Waals surface area contributed by atoms with Gasteiger partial charge in [-0.05, 0) is 43.5 Å². The van der Waals surface area contributed by atoms with Crippen LogP contribution in [0.25, 0.3) is 0 Å². The molecule has 0 bridgehead atoms. The van der Waals surface area contributed by atoms with Gasteiger partial charge in [0.1, 0.15) is 0 Å². The number of aromatic nitrogens is 1. The molecule has 1 unspecified atom stereocenters. The maximum absolute atomic E-state index is 4.44. The van der Waals surface area contributed by atoms with Crippen LogP contribution in [0.15, 0.2) is 53.7 Å².